The normalized spacial score (nSPS) is 15.7. The van der Waals surface area contributed by atoms with Crippen LogP contribution in [0.4, 0.5) is 0 Å². The number of hydrogen-bond acceptors (Lipinski definition) is 4. The Labute approximate surface area is 118 Å². The van der Waals surface area contributed by atoms with Gasteiger partial charge in [0.05, 0.1) is 7.11 Å². The molecule has 19 heavy (non-hydrogen) atoms. The number of nitrogens with zero attached hydrogens (tertiary/aromatic N) is 1. The highest BCUT2D eigenvalue weighted by molar-refractivity contribution is 5.75. The molecule has 4 nitrogen and oxygen atoms in total. The Morgan fingerprint density at radius 3 is 2.16 bits per heavy atom. The highest BCUT2D eigenvalue weighted by Crippen LogP contribution is 2.23. The largest absolute Gasteiger partial charge is 0.468 e. The van der Waals surface area contributed by atoms with Crippen molar-refractivity contribution in [1.82, 2.24) is 10.2 Å². The molecular formula is C15H32N2O2. The van der Waals surface area contributed by atoms with E-state index in [9.17, 15) is 4.79 Å². The number of esters is 1. The molecule has 0 saturated heterocycles. The van der Waals surface area contributed by atoms with Crippen LogP contribution < -0.4 is 5.32 Å². The van der Waals surface area contributed by atoms with E-state index in [4.69, 9.17) is 4.74 Å². The molecule has 1 N–H and O–H groups in total. The maximum absolute atomic E-state index is 11.7. The van der Waals surface area contributed by atoms with Gasteiger partial charge >= 0.3 is 5.97 Å². The Morgan fingerprint density at radius 2 is 1.79 bits per heavy atom. The molecule has 0 aromatic carbocycles. The zero-order chi connectivity index (χ0) is 15.2. The van der Waals surface area contributed by atoms with Crippen molar-refractivity contribution in [3.63, 3.8) is 0 Å². The minimum absolute atomic E-state index is 0.175. The SMILES string of the molecule is COC(=O)C(CCN(C)C(C)C(C)(C)C)NC(C)C. The number of methoxy groups -OCH3 is 1. The molecule has 0 saturated carbocycles. The maximum Gasteiger partial charge on any atom is 0.322 e. The average molecular weight is 272 g/mol. The molecule has 0 radical (unpaired) electrons. The van der Waals surface area contributed by atoms with Crippen LogP contribution in [-0.4, -0.2) is 49.7 Å². The summed E-state index contributed by atoms with van der Waals surface area (Å²) in [6, 6.07) is 0.513. The molecule has 0 aromatic rings. The van der Waals surface area contributed by atoms with Gasteiger partial charge in [-0.25, -0.2) is 0 Å². The lowest BCUT2D eigenvalue weighted by molar-refractivity contribution is -0.143. The van der Waals surface area contributed by atoms with Gasteiger partial charge in [-0.1, -0.05) is 34.6 Å². The van der Waals surface area contributed by atoms with E-state index >= 15 is 0 Å². The number of carbonyl (C=O) groups is 1. The van der Waals surface area contributed by atoms with E-state index in [-0.39, 0.29) is 23.5 Å². The van der Waals surface area contributed by atoms with Crippen LogP contribution in [-0.2, 0) is 9.53 Å². The van der Waals surface area contributed by atoms with Crippen molar-refractivity contribution in [3.8, 4) is 0 Å². The minimum Gasteiger partial charge on any atom is -0.468 e. The number of rotatable bonds is 7. The number of carbonyl (C=O) groups excluding carboxylic acids is 1. The van der Waals surface area contributed by atoms with Gasteiger partial charge < -0.3 is 15.0 Å². The third-order valence-electron chi connectivity index (χ3n) is 3.71. The van der Waals surface area contributed by atoms with Gasteiger partial charge in [0, 0.05) is 18.6 Å². The molecule has 0 aromatic heterocycles. The lowest BCUT2D eigenvalue weighted by Crippen LogP contribution is -2.46. The van der Waals surface area contributed by atoms with Crippen LogP contribution in [0.5, 0.6) is 0 Å². The number of nitrogens with one attached hydrogen (secondary N) is 1. The summed E-state index contributed by atoms with van der Waals surface area (Å²) in [4.78, 5) is 14.0. The quantitative estimate of drug-likeness (QED) is 0.722. The van der Waals surface area contributed by atoms with E-state index in [1.165, 1.54) is 7.11 Å². The highest BCUT2D eigenvalue weighted by Gasteiger charge is 2.26. The minimum atomic E-state index is -0.223. The summed E-state index contributed by atoms with van der Waals surface area (Å²) in [7, 11) is 3.55. The molecule has 2 atom stereocenters. The monoisotopic (exact) mass is 272 g/mol. The average Bonchev–Trinajstić information content (AvgIpc) is 2.30. The van der Waals surface area contributed by atoms with Gasteiger partial charge in [0.1, 0.15) is 6.04 Å². The van der Waals surface area contributed by atoms with Crippen molar-refractivity contribution in [2.45, 2.75) is 66.1 Å². The lowest BCUT2D eigenvalue weighted by atomic mass is 9.87. The van der Waals surface area contributed by atoms with Gasteiger partial charge in [-0.2, -0.15) is 0 Å². The molecule has 0 fully saturated rings. The lowest BCUT2D eigenvalue weighted by Gasteiger charge is -2.36. The number of hydrogen-bond donors (Lipinski definition) is 1. The highest BCUT2D eigenvalue weighted by atomic mass is 16.5. The Bertz CT molecular complexity index is 272. The van der Waals surface area contributed by atoms with Crippen LogP contribution in [0.2, 0.25) is 0 Å². The van der Waals surface area contributed by atoms with E-state index < -0.39 is 0 Å². The Morgan fingerprint density at radius 1 is 1.26 bits per heavy atom. The fourth-order valence-corrected chi connectivity index (χ4v) is 2.00. The van der Waals surface area contributed by atoms with Crippen LogP contribution in [0.1, 0.15) is 48.0 Å². The van der Waals surface area contributed by atoms with Gasteiger partial charge in [0.15, 0.2) is 0 Å². The zero-order valence-electron chi connectivity index (χ0n) is 13.9. The van der Waals surface area contributed by atoms with Crippen molar-refractivity contribution in [2.75, 3.05) is 20.7 Å². The third kappa shape index (κ3) is 6.92. The summed E-state index contributed by atoms with van der Waals surface area (Å²) in [6.07, 6.45) is 0.766. The van der Waals surface area contributed by atoms with Gasteiger partial charge in [0.2, 0.25) is 0 Å². The first-order valence-corrected chi connectivity index (χ1v) is 7.13. The first kappa shape index (κ1) is 18.4. The van der Waals surface area contributed by atoms with Crippen molar-refractivity contribution in [2.24, 2.45) is 5.41 Å². The standard InChI is InChI=1S/C15H32N2O2/c1-11(2)16-13(14(18)19-8)9-10-17(7)12(3)15(4,5)6/h11-13,16H,9-10H2,1-8H3. The molecule has 0 aliphatic heterocycles. The second-order valence-electron chi connectivity index (χ2n) is 6.71. The van der Waals surface area contributed by atoms with E-state index in [0.29, 0.717) is 6.04 Å². The summed E-state index contributed by atoms with van der Waals surface area (Å²) in [6.45, 7) is 13.9. The van der Waals surface area contributed by atoms with Crippen LogP contribution in [0.3, 0.4) is 0 Å². The fraction of sp³-hybridized carbons (Fsp3) is 0.933. The molecule has 0 spiro atoms. The second kappa shape index (κ2) is 7.85. The Hall–Kier alpha value is -0.610. The van der Waals surface area contributed by atoms with Crippen molar-refractivity contribution < 1.29 is 9.53 Å². The van der Waals surface area contributed by atoms with Crippen molar-refractivity contribution >= 4 is 5.97 Å². The predicted molar refractivity (Wildman–Crippen MR) is 80.2 cm³/mol. The van der Waals surface area contributed by atoms with E-state index in [0.717, 1.165) is 13.0 Å². The van der Waals surface area contributed by atoms with E-state index in [2.05, 4.69) is 45.0 Å². The van der Waals surface area contributed by atoms with E-state index in [1.807, 2.05) is 13.8 Å². The first-order valence-electron chi connectivity index (χ1n) is 7.13. The van der Waals surface area contributed by atoms with Gasteiger partial charge in [0.25, 0.3) is 0 Å². The Kier molecular flexibility index (Phi) is 7.60. The molecule has 114 valence electrons. The number of ether oxygens (including phenoxy) is 1. The molecule has 0 aliphatic rings. The molecule has 2 unspecified atom stereocenters. The second-order valence-corrected chi connectivity index (χ2v) is 6.71. The van der Waals surface area contributed by atoms with Gasteiger partial charge in [-0.05, 0) is 25.8 Å². The van der Waals surface area contributed by atoms with Crippen LogP contribution in [0.25, 0.3) is 0 Å². The summed E-state index contributed by atoms with van der Waals surface area (Å²) >= 11 is 0. The van der Waals surface area contributed by atoms with Gasteiger partial charge in [-0.15, -0.1) is 0 Å². The van der Waals surface area contributed by atoms with Crippen molar-refractivity contribution in [3.05, 3.63) is 0 Å². The van der Waals surface area contributed by atoms with Crippen molar-refractivity contribution in [1.29, 1.82) is 0 Å². The molecule has 4 heteroatoms. The van der Waals surface area contributed by atoms with Crippen LogP contribution >= 0.6 is 0 Å². The Balaban J connectivity index is 4.43. The van der Waals surface area contributed by atoms with Crippen LogP contribution in [0.15, 0.2) is 0 Å². The maximum atomic E-state index is 11.7. The molecule has 0 rings (SSSR count). The summed E-state index contributed by atoms with van der Waals surface area (Å²) in [5, 5.41) is 3.26. The first-order chi connectivity index (χ1) is 8.59. The smallest absolute Gasteiger partial charge is 0.322 e. The van der Waals surface area contributed by atoms with Crippen LogP contribution in [0, 0.1) is 5.41 Å². The topological polar surface area (TPSA) is 41.6 Å². The molecule has 0 amide bonds. The van der Waals surface area contributed by atoms with Gasteiger partial charge in [-0.3, -0.25) is 4.79 Å². The molecular weight excluding hydrogens is 240 g/mol. The molecule has 0 bridgehead atoms. The zero-order valence-corrected chi connectivity index (χ0v) is 13.9. The summed E-state index contributed by atoms with van der Waals surface area (Å²) in [5.74, 6) is -0.175. The summed E-state index contributed by atoms with van der Waals surface area (Å²) < 4.78 is 4.85. The summed E-state index contributed by atoms with van der Waals surface area (Å²) in [5.41, 5.74) is 0.237. The molecule has 0 aliphatic carbocycles. The third-order valence-corrected chi connectivity index (χ3v) is 3.71. The van der Waals surface area contributed by atoms with E-state index in [1.54, 1.807) is 0 Å². The molecule has 0 heterocycles. The predicted octanol–water partition coefficient (Wildman–Crippen LogP) is 2.28. The fourth-order valence-electron chi connectivity index (χ4n) is 2.00.